The lowest BCUT2D eigenvalue weighted by Gasteiger charge is -2.39. The molecule has 0 aromatic rings. The average molecular weight is 380 g/mol. The Balaban J connectivity index is 1.34. The van der Waals surface area contributed by atoms with Crippen LogP contribution < -0.4 is 10.6 Å². The van der Waals surface area contributed by atoms with Gasteiger partial charge in [0.05, 0.1) is 12.6 Å². The summed E-state index contributed by atoms with van der Waals surface area (Å²) in [6.45, 7) is 9.87. The third-order valence-electron chi connectivity index (χ3n) is 5.27. The van der Waals surface area contributed by atoms with Gasteiger partial charge in [-0.2, -0.15) is 0 Å². The molecule has 8 nitrogen and oxygen atoms in total. The van der Waals surface area contributed by atoms with Crippen molar-refractivity contribution in [1.29, 1.82) is 0 Å². The van der Waals surface area contributed by atoms with Crippen molar-refractivity contribution < 1.29 is 14.3 Å². The second-order valence-electron chi connectivity index (χ2n) is 8.64. The molecule has 1 atom stereocenters. The van der Waals surface area contributed by atoms with E-state index in [4.69, 9.17) is 4.74 Å². The minimum atomic E-state index is -0.471. The monoisotopic (exact) mass is 379 g/mol. The first kappa shape index (κ1) is 19.8. The summed E-state index contributed by atoms with van der Waals surface area (Å²) in [5.74, 6) is 1.37. The summed E-state index contributed by atoms with van der Waals surface area (Å²) in [5, 5.41) is 6.40. The number of piperazine rings is 1. The number of aliphatic imine (C=N–C) groups is 1. The van der Waals surface area contributed by atoms with Crippen LogP contribution in [0.25, 0.3) is 0 Å². The van der Waals surface area contributed by atoms with Crippen LogP contribution in [0.5, 0.6) is 0 Å². The van der Waals surface area contributed by atoms with E-state index in [2.05, 4.69) is 20.5 Å². The van der Waals surface area contributed by atoms with Crippen LogP contribution in [0.4, 0.5) is 4.79 Å². The largest absolute Gasteiger partial charge is 0.444 e. The first-order chi connectivity index (χ1) is 12.8. The Labute approximate surface area is 161 Å². The van der Waals surface area contributed by atoms with Crippen molar-refractivity contribution in [2.24, 2.45) is 10.9 Å². The number of nitrogens with one attached hydrogen (secondary N) is 2. The predicted octanol–water partition coefficient (Wildman–Crippen LogP) is 1.17. The number of ether oxygens (including phenoxy) is 1. The first-order valence-electron chi connectivity index (χ1n) is 10.1. The predicted molar refractivity (Wildman–Crippen MR) is 104 cm³/mol. The van der Waals surface area contributed by atoms with Crippen LogP contribution in [-0.2, 0) is 9.53 Å². The van der Waals surface area contributed by atoms with E-state index in [-0.39, 0.29) is 24.0 Å². The summed E-state index contributed by atoms with van der Waals surface area (Å²) >= 11 is 0. The van der Waals surface area contributed by atoms with Crippen molar-refractivity contribution >= 4 is 18.0 Å². The van der Waals surface area contributed by atoms with Gasteiger partial charge in [0.1, 0.15) is 5.60 Å². The van der Waals surface area contributed by atoms with Crippen LogP contribution >= 0.6 is 0 Å². The second-order valence-corrected chi connectivity index (χ2v) is 8.64. The minimum absolute atomic E-state index is 0.206. The number of carbonyl (C=O) groups is 2. The molecular formula is C19H33N5O3. The van der Waals surface area contributed by atoms with Crippen molar-refractivity contribution in [2.75, 3.05) is 39.3 Å². The fourth-order valence-corrected chi connectivity index (χ4v) is 3.54. The van der Waals surface area contributed by atoms with E-state index in [0.29, 0.717) is 26.2 Å². The SMILES string of the molecule is CC(C)(C)OC(=O)N1CCN2C(NCCCNC(=O)C3CCC3)=NCC2C1. The van der Waals surface area contributed by atoms with E-state index >= 15 is 0 Å². The maximum absolute atomic E-state index is 12.3. The van der Waals surface area contributed by atoms with Gasteiger partial charge >= 0.3 is 6.09 Å². The number of guanidine groups is 1. The molecule has 2 fully saturated rings. The van der Waals surface area contributed by atoms with Gasteiger partial charge < -0.3 is 25.2 Å². The minimum Gasteiger partial charge on any atom is -0.444 e. The van der Waals surface area contributed by atoms with E-state index in [0.717, 1.165) is 38.3 Å². The number of fused-ring (bicyclic) bond motifs is 1. The second kappa shape index (κ2) is 8.35. The highest BCUT2D eigenvalue weighted by Gasteiger charge is 2.36. The fourth-order valence-electron chi connectivity index (χ4n) is 3.54. The molecule has 8 heteroatoms. The zero-order valence-corrected chi connectivity index (χ0v) is 16.8. The Morgan fingerprint density at radius 2 is 2.00 bits per heavy atom. The Kier molecular flexibility index (Phi) is 6.11. The lowest BCUT2D eigenvalue weighted by atomic mass is 9.85. The zero-order valence-electron chi connectivity index (χ0n) is 16.8. The lowest BCUT2D eigenvalue weighted by molar-refractivity contribution is -0.127. The smallest absolute Gasteiger partial charge is 0.410 e. The van der Waals surface area contributed by atoms with Gasteiger partial charge in [0, 0.05) is 38.6 Å². The van der Waals surface area contributed by atoms with Crippen molar-refractivity contribution in [3.05, 3.63) is 0 Å². The molecule has 1 saturated carbocycles. The Morgan fingerprint density at radius 3 is 2.67 bits per heavy atom. The first-order valence-corrected chi connectivity index (χ1v) is 10.1. The molecule has 152 valence electrons. The number of hydrogen-bond donors (Lipinski definition) is 2. The molecule has 0 radical (unpaired) electrons. The Bertz CT molecular complexity index is 582. The Morgan fingerprint density at radius 1 is 1.22 bits per heavy atom. The summed E-state index contributed by atoms with van der Waals surface area (Å²) in [7, 11) is 0. The van der Waals surface area contributed by atoms with Crippen LogP contribution in [-0.4, -0.2) is 78.7 Å². The van der Waals surface area contributed by atoms with Crippen LogP contribution in [0.15, 0.2) is 4.99 Å². The number of amides is 2. The molecule has 2 aliphatic heterocycles. The highest BCUT2D eigenvalue weighted by Crippen LogP contribution is 2.26. The van der Waals surface area contributed by atoms with Gasteiger partial charge in [0.25, 0.3) is 0 Å². The molecule has 27 heavy (non-hydrogen) atoms. The van der Waals surface area contributed by atoms with Gasteiger partial charge in [0.2, 0.25) is 5.91 Å². The van der Waals surface area contributed by atoms with Gasteiger partial charge in [-0.15, -0.1) is 0 Å². The maximum atomic E-state index is 12.3. The van der Waals surface area contributed by atoms with Gasteiger partial charge in [-0.3, -0.25) is 9.79 Å². The van der Waals surface area contributed by atoms with Gasteiger partial charge in [-0.05, 0) is 40.0 Å². The molecule has 0 aromatic heterocycles. The van der Waals surface area contributed by atoms with Crippen molar-refractivity contribution in [3.63, 3.8) is 0 Å². The maximum Gasteiger partial charge on any atom is 0.410 e. The molecule has 1 saturated heterocycles. The van der Waals surface area contributed by atoms with E-state index in [9.17, 15) is 9.59 Å². The lowest BCUT2D eigenvalue weighted by Crippen LogP contribution is -2.57. The fraction of sp³-hybridized carbons (Fsp3) is 0.842. The third-order valence-corrected chi connectivity index (χ3v) is 5.27. The number of hydrogen-bond acceptors (Lipinski definition) is 6. The standard InChI is InChI=1S/C19H33N5O3/c1-19(2,3)27-18(26)23-10-11-24-15(13-23)12-22-17(24)21-9-5-8-20-16(25)14-6-4-7-14/h14-15H,4-13H2,1-3H3,(H,20,25)(H,21,22). The normalized spacial score (nSPS) is 22.6. The molecule has 1 aliphatic carbocycles. The quantitative estimate of drug-likeness (QED) is 0.701. The molecule has 3 aliphatic rings. The molecule has 2 N–H and O–H groups in total. The van der Waals surface area contributed by atoms with E-state index in [1.807, 2.05) is 20.8 Å². The molecular weight excluding hydrogens is 346 g/mol. The number of nitrogens with zero attached hydrogens (tertiary/aromatic N) is 3. The van der Waals surface area contributed by atoms with E-state index < -0.39 is 5.60 Å². The summed E-state index contributed by atoms with van der Waals surface area (Å²) in [5.41, 5.74) is -0.471. The topological polar surface area (TPSA) is 86.3 Å². The molecule has 3 rings (SSSR count). The highest BCUT2D eigenvalue weighted by atomic mass is 16.6. The summed E-state index contributed by atoms with van der Waals surface area (Å²) in [6, 6.07) is 0.215. The van der Waals surface area contributed by atoms with Crippen LogP contribution in [0.1, 0.15) is 46.5 Å². The van der Waals surface area contributed by atoms with Crippen molar-refractivity contribution in [2.45, 2.75) is 58.1 Å². The zero-order chi connectivity index (χ0) is 19.4. The number of rotatable bonds is 5. The van der Waals surface area contributed by atoms with Crippen LogP contribution in [0.2, 0.25) is 0 Å². The van der Waals surface area contributed by atoms with Crippen LogP contribution in [0, 0.1) is 5.92 Å². The third kappa shape index (κ3) is 5.26. The van der Waals surface area contributed by atoms with Crippen molar-refractivity contribution in [3.8, 4) is 0 Å². The Hall–Kier alpha value is -1.99. The molecule has 2 amide bonds. The molecule has 0 aromatic carbocycles. The summed E-state index contributed by atoms with van der Waals surface area (Å²) < 4.78 is 5.47. The number of carbonyl (C=O) groups excluding carboxylic acids is 2. The average Bonchev–Trinajstić information content (AvgIpc) is 2.93. The highest BCUT2D eigenvalue weighted by molar-refractivity contribution is 5.82. The van der Waals surface area contributed by atoms with Crippen LogP contribution in [0.3, 0.4) is 0 Å². The van der Waals surface area contributed by atoms with Gasteiger partial charge in [0.15, 0.2) is 5.96 Å². The molecule has 1 unspecified atom stereocenters. The van der Waals surface area contributed by atoms with Gasteiger partial charge in [-0.25, -0.2) is 4.79 Å². The summed E-state index contributed by atoms with van der Waals surface area (Å²) in [4.78, 5) is 32.7. The molecule has 0 spiro atoms. The van der Waals surface area contributed by atoms with E-state index in [1.165, 1.54) is 6.42 Å². The van der Waals surface area contributed by atoms with Crippen molar-refractivity contribution in [1.82, 2.24) is 20.4 Å². The van der Waals surface area contributed by atoms with E-state index in [1.54, 1.807) is 4.90 Å². The molecule has 0 bridgehead atoms. The molecule has 2 heterocycles. The van der Waals surface area contributed by atoms with Gasteiger partial charge in [-0.1, -0.05) is 6.42 Å². The summed E-state index contributed by atoms with van der Waals surface area (Å²) in [6.07, 6.45) is 3.89.